The summed E-state index contributed by atoms with van der Waals surface area (Å²) < 4.78 is 11.1. The number of rotatable bonds is 5. The van der Waals surface area contributed by atoms with Crippen molar-refractivity contribution in [3.8, 4) is 5.75 Å². The van der Waals surface area contributed by atoms with Crippen LogP contribution in [0.3, 0.4) is 0 Å². The second kappa shape index (κ2) is 8.33. The highest BCUT2D eigenvalue weighted by Crippen LogP contribution is 2.31. The predicted molar refractivity (Wildman–Crippen MR) is 102 cm³/mol. The number of carbonyl (C=O) groups excluding carboxylic acids is 3. The summed E-state index contributed by atoms with van der Waals surface area (Å²) in [6.45, 7) is 5.99. The third-order valence-corrected chi connectivity index (χ3v) is 4.19. The van der Waals surface area contributed by atoms with Crippen LogP contribution in [0.15, 0.2) is 12.1 Å². The van der Waals surface area contributed by atoms with Crippen molar-refractivity contribution in [2.75, 3.05) is 13.1 Å². The van der Waals surface area contributed by atoms with E-state index in [9.17, 15) is 24.5 Å². The molecule has 158 valence electrons. The van der Waals surface area contributed by atoms with Gasteiger partial charge in [-0.3, -0.25) is 19.7 Å². The van der Waals surface area contributed by atoms with Crippen LogP contribution in [-0.4, -0.2) is 52.5 Å². The molecule has 1 fully saturated rings. The first-order chi connectivity index (χ1) is 13.4. The van der Waals surface area contributed by atoms with E-state index in [0.717, 1.165) is 12.1 Å². The summed E-state index contributed by atoms with van der Waals surface area (Å²) in [4.78, 5) is 47.5. The van der Waals surface area contributed by atoms with Crippen LogP contribution in [0.2, 0.25) is 0 Å². The topological polar surface area (TPSA) is 168 Å². The summed E-state index contributed by atoms with van der Waals surface area (Å²) in [6.07, 6.45) is -0.104. The molecule has 1 aliphatic heterocycles. The monoisotopic (exact) mass is 408 g/mol. The number of nitro groups is 1. The first-order valence-electron chi connectivity index (χ1n) is 8.95. The lowest BCUT2D eigenvalue weighted by Crippen LogP contribution is -2.44. The second-order valence-electron chi connectivity index (χ2n) is 7.64. The molecular formula is C18H24N4O7. The number of benzene rings is 1. The Hall–Kier alpha value is -3.37. The molecule has 1 aromatic rings. The normalized spacial score (nSPS) is 14.9. The van der Waals surface area contributed by atoms with E-state index in [4.69, 9.17) is 20.9 Å². The largest absolute Gasteiger partial charge is 0.489 e. The lowest BCUT2D eigenvalue weighted by Gasteiger charge is -2.33. The second-order valence-corrected chi connectivity index (χ2v) is 7.64. The van der Waals surface area contributed by atoms with E-state index in [1.165, 1.54) is 4.90 Å². The quantitative estimate of drug-likeness (QED) is 0.550. The van der Waals surface area contributed by atoms with Crippen LogP contribution in [0.5, 0.6) is 5.75 Å². The number of amides is 3. The fourth-order valence-electron chi connectivity index (χ4n) is 2.86. The van der Waals surface area contributed by atoms with Crippen LogP contribution < -0.4 is 16.2 Å². The van der Waals surface area contributed by atoms with Crippen molar-refractivity contribution >= 4 is 23.6 Å². The van der Waals surface area contributed by atoms with Crippen LogP contribution in [0, 0.1) is 10.1 Å². The maximum atomic E-state index is 12.1. The molecule has 0 atom stereocenters. The summed E-state index contributed by atoms with van der Waals surface area (Å²) in [7, 11) is 0. The summed E-state index contributed by atoms with van der Waals surface area (Å²) in [5.74, 6) is -2.17. The van der Waals surface area contributed by atoms with Gasteiger partial charge >= 0.3 is 6.09 Å². The Morgan fingerprint density at radius 1 is 1.10 bits per heavy atom. The van der Waals surface area contributed by atoms with Gasteiger partial charge in [-0.2, -0.15) is 0 Å². The number of nitrogens with two attached hydrogens (primary N) is 2. The Kier molecular flexibility index (Phi) is 6.30. The van der Waals surface area contributed by atoms with E-state index in [-0.39, 0.29) is 16.9 Å². The molecule has 1 aliphatic rings. The zero-order valence-corrected chi connectivity index (χ0v) is 16.5. The van der Waals surface area contributed by atoms with Gasteiger partial charge in [0.25, 0.3) is 17.5 Å². The van der Waals surface area contributed by atoms with Gasteiger partial charge in [0.1, 0.15) is 17.5 Å². The van der Waals surface area contributed by atoms with E-state index < -0.39 is 40.2 Å². The van der Waals surface area contributed by atoms with Crippen molar-refractivity contribution in [2.24, 2.45) is 11.5 Å². The number of nitrogens with zero attached hydrogens (tertiary/aromatic N) is 2. The van der Waals surface area contributed by atoms with E-state index >= 15 is 0 Å². The van der Waals surface area contributed by atoms with Crippen molar-refractivity contribution in [1.82, 2.24) is 4.90 Å². The minimum Gasteiger partial charge on any atom is -0.489 e. The number of nitro benzene ring substituents is 1. The van der Waals surface area contributed by atoms with E-state index in [1.807, 2.05) is 0 Å². The van der Waals surface area contributed by atoms with Crippen LogP contribution in [0.1, 0.15) is 54.3 Å². The summed E-state index contributed by atoms with van der Waals surface area (Å²) >= 11 is 0. The molecule has 0 spiro atoms. The minimum absolute atomic E-state index is 0.189. The maximum absolute atomic E-state index is 12.1. The fourth-order valence-corrected chi connectivity index (χ4v) is 2.86. The Balaban J connectivity index is 2.20. The number of primary amides is 2. The number of carbonyl (C=O) groups is 3. The van der Waals surface area contributed by atoms with Crippen LogP contribution >= 0.6 is 0 Å². The first-order valence-corrected chi connectivity index (χ1v) is 8.95. The van der Waals surface area contributed by atoms with Gasteiger partial charge in [-0.1, -0.05) is 0 Å². The van der Waals surface area contributed by atoms with Gasteiger partial charge in [0.15, 0.2) is 0 Å². The van der Waals surface area contributed by atoms with Crippen LogP contribution in [0.4, 0.5) is 10.5 Å². The van der Waals surface area contributed by atoms with Gasteiger partial charge in [0.05, 0.1) is 16.1 Å². The third kappa shape index (κ3) is 5.56. The maximum Gasteiger partial charge on any atom is 0.410 e. The molecular weight excluding hydrogens is 384 g/mol. The van der Waals surface area contributed by atoms with E-state index in [0.29, 0.717) is 25.9 Å². The van der Waals surface area contributed by atoms with Crippen molar-refractivity contribution in [1.29, 1.82) is 0 Å². The molecule has 11 nitrogen and oxygen atoms in total. The van der Waals surface area contributed by atoms with Crippen molar-refractivity contribution in [3.05, 3.63) is 33.4 Å². The van der Waals surface area contributed by atoms with E-state index in [2.05, 4.69) is 0 Å². The molecule has 1 saturated heterocycles. The molecule has 29 heavy (non-hydrogen) atoms. The third-order valence-electron chi connectivity index (χ3n) is 4.19. The lowest BCUT2D eigenvalue weighted by atomic mass is 10.0. The predicted octanol–water partition coefficient (Wildman–Crippen LogP) is 1.57. The highest BCUT2D eigenvalue weighted by Gasteiger charge is 2.30. The fraction of sp³-hybridized carbons (Fsp3) is 0.500. The van der Waals surface area contributed by atoms with E-state index in [1.54, 1.807) is 20.8 Å². The molecule has 0 bridgehead atoms. The molecule has 0 radical (unpaired) electrons. The number of non-ortho nitro benzene ring substituents is 1. The summed E-state index contributed by atoms with van der Waals surface area (Å²) in [6, 6.07) is 1.89. The molecule has 0 unspecified atom stereocenters. The van der Waals surface area contributed by atoms with Gasteiger partial charge < -0.3 is 25.8 Å². The van der Waals surface area contributed by atoms with Crippen molar-refractivity contribution in [3.63, 3.8) is 0 Å². The van der Waals surface area contributed by atoms with Gasteiger partial charge in [0, 0.05) is 38.1 Å². The Morgan fingerprint density at radius 3 is 1.97 bits per heavy atom. The average molecular weight is 408 g/mol. The summed E-state index contributed by atoms with van der Waals surface area (Å²) in [5.41, 5.74) is 8.91. The van der Waals surface area contributed by atoms with Gasteiger partial charge in [0.2, 0.25) is 0 Å². The van der Waals surface area contributed by atoms with Gasteiger partial charge in [-0.05, 0) is 20.8 Å². The first kappa shape index (κ1) is 21.9. The minimum atomic E-state index is -0.989. The highest BCUT2D eigenvalue weighted by molar-refractivity contribution is 6.04. The van der Waals surface area contributed by atoms with Crippen molar-refractivity contribution < 1.29 is 28.8 Å². The number of likely N-dealkylation sites (tertiary alicyclic amines) is 1. The zero-order valence-electron chi connectivity index (χ0n) is 16.5. The molecule has 1 aromatic carbocycles. The van der Waals surface area contributed by atoms with Gasteiger partial charge in [-0.25, -0.2) is 4.79 Å². The molecule has 0 aliphatic carbocycles. The molecule has 2 rings (SSSR count). The number of ether oxygens (including phenoxy) is 2. The molecule has 0 saturated carbocycles. The Bertz CT molecular complexity index is 804. The zero-order chi connectivity index (χ0) is 21.9. The SMILES string of the molecule is CC(C)(C)OC(=O)N1CCC(Oc2c(C(N)=O)cc([N+](=O)[O-])cc2C(N)=O)CC1. The Morgan fingerprint density at radius 2 is 1.59 bits per heavy atom. The molecule has 4 N–H and O–H groups in total. The number of hydrogen-bond donors (Lipinski definition) is 2. The Labute approximate surface area is 167 Å². The summed E-state index contributed by atoms with van der Waals surface area (Å²) in [5, 5.41) is 11.1. The van der Waals surface area contributed by atoms with Crippen molar-refractivity contribution in [2.45, 2.75) is 45.3 Å². The molecule has 3 amide bonds. The number of hydrogen-bond acceptors (Lipinski definition) is 7. The standard InChI is InChI=1S/C18H24N4O7/c1-18(2,3)29-17(25)21-6-4-11(5-7-21)28-14-12(15(19)23)8-10(22(26)27)9-13(14)16(20)24/h8-9,11H,4-7H2,1-3H3,(H2,19,23)(H2,20,24). The number of piperidine rings is 1. The lowest BCUT2D eigenvalue weighted by molar-refractivity contribution is -0.384. The molecule has 11 heteroatoms. The van der Waals surface area contributed by atoms with Gasteiger partial charge in [-0.15, -0.1) is 0 Å². The highest BCUT2D eigenvalue weighted by atomic mass is 16.6. The van der Waals surface area contributed by atoms with Crippen LogP contribution in [-0.2, 0) is 4.74 Å². The molecule has 0 aromatic heterocycles. The van der Waals surface area contributed by atoms with Crippen LogP contribution in [0.25, 0.3) is 0 Å². The average Bonchev–Trinajstić information content (AvgIpc) is 2.60. The molecule has 1 heterocycles. The smallest absolute Gasteiger partial charge is 0.410 e.